The molecule has 0 amide bonds. The highest BCUT2D eigenvalue weighted by Gasteiger charge is 2.27. The highest BCUT2D eigenvalue weighted by Crippen LogP contribution is 2.24. The molecule has 0 aliphatic carbocycles. The molecule has 6 heteroatoms. The fourth-order valence-electron chi connectivity index (χ4n) is 2.33. The van der Waals surface area contributed by atoms with Gasteiger partial charge < -0.3 is 5.11 Å². The molecular formula is C13H20N2O3S. The van der Waals surface area contributed by atoms with Gasteiger partial charge in [-0.05, 0) is 49.4 Å². The molecule has 1 heterocycles. The molecular weight excluding hydrogens is 264 g/mol. The van der Waals surface area contributed by atoms with Gasteiger partial charge in [0.15, 0.2) is 0 Å². The molecule has 2 rings (SSSR count). The van der Waals surface area contributed by atoms with Crippen LogP contribution in [0.1, 0.15) is 25.3 Å². The van der Waals surface area contributed by atoms with Gasteiger partial charge in [-0.1, -0.05) is 6.92 Å². The quantitative estimate of drug-likeness (QED) is 0.835. The summed E-state index contributed by atoms with van der Waals surface area (Å²) < 4.78 is 28.7. The zero-order chi connectivity index (χ0) is 14.0. The minimum absolute atomic E-state index is 0.132. The highest BCUT2D eigenvalue weighted by atomic mass is 32.2. The lowest BCUT2D eigenvalue weighted by molar-refractivity contribution is 0.282. The average molecular weight is 284 g/mol. The summed E-state index contributed by atoms with van der Waals surface area (Å²) in [6, 6.07) is 4.59. The second-order valence-electron chi connectivity index (χ2n) is 5.21. The van der Waals surface area contributed by atoms with Crippen LogP contribution in [-0.4, -0.2) is 30.9 Å². The van der Waals surface area contributed by atoms with Gasteiger partial charge in [0, 0.05) is 13.1 Å². The third kappa shape index (κ3) is 3.39. The molecule has 1 aliphatic rings. The Hall–Kier alpha value is -1.27. The molecule has 1 aromatic carbocycles. The van der Waals surface area contributed by atoms with Crippen LogP contribution >= 0.6 is 0 Å². The smallest absolute Gasteiger partial charge is 0.301 e. The molecule has 1 fully saturated rings. The van der Waals surface area contributed by atoms with Crippen LogP contribution in [0.2, 0.25) is 0 Å². The second-order valence-corrected chi connectivity index (χ2v) is 6.88. The Balaban J connectivity index is 2.16. The fraction of sp³-hybridized carbons (Fsp3) is 0.538. The van der Waals surface area contributed by atoms with Crippen molar-refractivity contribution in [2.75, 3.05) is 17.8 Å². The van der Waals surface area contributed by atoms with E-state index in [4.69, 9.17) is 0 Å². The molecule has 0 aromatic heterocycles. The van der Waals surface area contributed by atoms with Crippen molar-refractivity contribution in [1.82, 2.24) is 4.31 Å². The number of phenolic OH excluding ortho intramolecular Hbond substituents is 1. The first kappa shape index (κ1) is 14.1. The van der Waals surface area contributed by atoms with Gasteiger partial charge in [0.25, 0.3) is 0 Å². The van der Waals surface area contributed by atoms with E-state index in [2.05, 4.69) is 11.6 Å². The maximum atomic E-state index is 12.3. The van der Waals surface area contributed by atoms with Crippen LogP contribution in [0.15, 0.2) is 18.2 Å². The van der Waals surface area contributed by atoms with Gasteiger partial charge in [-0.15, -0.1) is 0 Å². The maximum absolute atomic E-state index is 12.3. The molecule has 0 saturated carbocycles. The van der Waals surface area contributed by atoms with Crippen molar-refractivity contribution < 1.29 is 13.5 Å². The number of hydrogen-bond acceptors (Lipinski definition) is 3. The first-order valence-corrected chi connectivity index (χ1v) is 7.90. The monoisotopic (exact) mass is 284 g/mol. The molecule has 2 N–H and O–H groups in total. The molecule has 0 radical (unpaired) electrons. The van der Waals surface area contributed by atoms with Gasteiger partial charge in [-0.3, -0.25) is 4.72 Å². The SMILES string of the molecule is Cc1cc(O)ccc1NS(=O)(=O)N1CCCC(C)C1. The van der Waals surface area contributed by atoms with Crippen molar-refractivity contribution in [3.8, 4) is 5.75 Å². The van der Waals surface area contributed by atoms with E-state index in [1.54, 1.807) is 13.0 Å². The van der Waals surface area contributed by atoms with Gasteiger partial charge in [0.1, 0.15) is 5.75 Å². The van der Waals surface area contributed by atoms with Gasteiger partial charge in [-0.25, -0.2) is 0 Å². The van der Waals surface area contributed by atoms with E-state index in [1.165, 1.54) is 16.4 Å². The zero-order valence-electron chi connectivity index (χ0n) is 11.3. The summed E-state index contributed by atoms with van der Waals surface area (Å²) in [5.41, 5.74) is 1.21. The third-order valence-electron chi connectivity index (χ3n) is 3.41. The largest absolute Gasteiger partial charge is 0.508 e. The van der Waals surface area contributed by atoms with E-state index in [-0.39, 0.29) is 5.75 Å². The van der Waals surface area contributed by atoms with E-state index in [9.17, 15) is 13.5 Å². The number of hydrogen-bond donors (Lipinski definition) is 2. The van der Waals surface area contributed by atoms with Crippen molar-refractivity contribution in [2.24, 2.45) is 5.92 Å². The van der Waals surface area contributed by atoms with Crippen LogP contribution in [0, 0.1) is 12.8 Å². The van der Waals surface area contributed by atoms with Crippen LogP contribution in [0.4, 0.5) is 5.69 Å². The average Bonchev–Trinajstić information content (AvgIpc) is 2.33. The topological polar surface area (TPSA) is 69.6 Å². The van der Waals surface area contributed by atoms with Crippen molar-refractivity contribution >= 4 is 15.9 Å². The number of piperidine rings is 1. The standard InChI is InChI=1S/C13H20N2O3S/c1-10-4-3-7-15(9-10)19(17,18)14-13-6-5-12(16)8-11(13)2/h5-6,8,10,14,16H,3-4,7,9H2,1-2H3. The minimum atomic E-state index is -3.50. The number of aromatic hydroxyl groups is 1. The summed E-state index contributed by atoms with van der Waals surface area (Å²) >= 11 is 0. The Morgan fingerprint density at radius 3 is 2.79 bits per heavy atom. The molecule has 106 valence electrons. The number of nitrogens with zero attached hydrogens (tertiary/aromatic N) is 1. The second kappa shape index (κ2) is 5.38. The van der Waals surface area contributed by atoms with Crippen LogP contribution in [0.3, 0.4) is 0 Å². The van der Waals surface area contributed by atoms with E-state index in [1.807, 2.05) is 0 Å². The van der Waals surface area contributed by atoms with Crippen LogP contribution in [-0.2, 0) is 10.2 Å². The number of phenols is 1. The van der Waals surface area contributed by atoms with Gasteiger partial charge in [0.2, 0.25) is 0 Å². The minimum Gasteiger partial charge on any atom is -0.508 e. The molecule has 5 nitrogen and oxygen atoms in total. The van der Waals surface area contributed by atoms with Gasteiger partial charge in [-0.2, -0.15) is 12.7 Å². The van der Waals surface area contributed by atoms with Gasteiger partial charge in [0.05, 0.1) is 5.69 Å². The third-order valence-corrected chi connectivity index (χ3v) is 4.90. The van der Waals surface area contributed by atoms with Crippen LogP contribution < -0.4 is 4.72 Å². The zero-order valence-corrected chi connectivity index (χ0v) is 12.1. The summed E-state index contributed by atoms with van der Waals surface area (Å²) in [5, 5.41) is 9.33. The molecule has 1 aromatic rings. The maximum Gasteiger partial charge on any atom is 0.301 e. The molecule has 1 atom stereocenters. The lowest BCUT2D eigenvalue weighted by Crippen LogP contribution is -2.42. The molecule has 19 heavy (non-hydrogen) atoms. The Labute approximate surface area is 114 Å². The molecule has 1 unspecified atom stereocenters. The lowest BCUT2D eigenvalue weighted by atomic mass is 10.0. The Morgan fingerprint density at radius 1 is 1.42 bits per heavy atom. The number of rotatable bonds is 3. The van der Waals surface area contributed by atoms with Crippen LogP contribution in [0.25, 0.3) is 0 Å². The summed E-state index contributed by atoms with van der Waals surface area (Å²) in [7, 11) is -3.50. The summed E-state index contributed by atoms with van der Waals surface area (Å²) in [5.74, 6) is 0.526. The van der Waals surface area contributed by atoms with E-state index in [0.717, 1.165) is 12.8 Å². The molecule has 0 bridgehead atoms. The molecule has 1 aliphatic heterocycles. The molecule has 0 spiro atoms. The first-order chi connectivity index (χ1) is 8.88. The number of nitrogens with one attached hydrogen (secondary N) is 1. The number of anilines is 1. The summed E-state index contributed by atoms with van der Waals surface area (Å²) in [6.45, 7) is 4.95. The van der Waals surface area contributed by atoms with Crippen molar-refractivity contribution in [1.29, 1.82) is 0 Å². The van der Waals surface area contributed by atoms with Gasteiger partial charge >= 0.3 is 10.2 Å². The predicted molar refractivity (Wildman–Crippen MR) is 75.4 cm³/mol. The Morgan fingerprint density at radius 2 is 2.16 bits per heavy atom. The van der Waals surface area contributed by atoms with Crippen molar-refractivity contribution in [3.05, 3.63) is 23.8 Å². The highest BCUT2D eigenvalue weighted by molar-refractivity contribution is 7.90. The van der Waals surface area contributed by atoms with E-state index in [0.29, 0.717) is 30.3 Å². The van der Waals surface area contributed by atoms with Crippen molar-refractivity contribution in [2.45, 2.75) is 26.7 Å². The summed E-state index contributed by atoms with van der Waals surface area (Å²) in [4.78, 5) is 0. The Bertz CT molecular complexity index is 557. The van der Waals surface area contributed by atoms with E-state index < -0.39 is 10.2 Å². The van der Waals surface area contributed by atoms with Crippen molar-refractivity contribution in [3.63, 3.8) is 0 Å². The van der Waals surface area contributed by atoms with Crippen LogP contribution in [0.5, 0.6) is 5.75 Å². The normalized spacial score (nSPS) is 21.3. The summed E-state index contributed by atoms with van der Waals surface area (Å²) in [6.07, 6.45) is 1.97. The predicted octanol–water partition coefficient (Wildman–Crippen LogP) is 2.09. The number of aryl methyl sites for hydroxylation is 1. The number of benzene rings is 1. The fourth-order valence-corrected chi connectivity index (χ4v) is 3.79. The first-order valence-electron chi connectivity index (χ1n) is 6.46. The van der Waals surface area contributed by atoms with E-state index >= 15 is 0 Å². The molecule has 1 saturated heterocycles. The lowest BCUT2D eigenvalue weighted by Gasteiger charge is -2.30. The Kier molecular flexibility index (Phi) is 4.01.